The molecule has 1 aromatic carbocycles. The fourth-order valence-electron chi connectivity index (χ4n) is 2.88. The van der Waals surface area contributed by atoms with Gasteiger partial charge in [-0.2, -0.15) is 0 Å². The van der Waals surface area contributed by atoms with E-state index in [9.17, 15) is 4.79 Å². The Morgan fingerprint density at radius 1 is 1.32 bits per heavy atom. The lowest BCUT2D eigenvalue weighted by Gasteiger charge is -2.26. The molecule has 0 bridgehead atoms. The van der Waals surface area contributed by atoms with E-state index in [-0.39, 0.29) is 23.7 Å². The molecule has 0 spiro atoms. The minimum Gasteiger partial charge on any atom is -1.00 e. The molecule has 1 fully saturated rings. The molecule has 1 aromatic rings. The molecule has 1 saturated carbocycles. The van der Waals surface area contributed by atoms with Gasteiger partial charge in [0.15, 0.2) is 0 Å². The summed E-state index contributed by atoms with van der Waals surface area (Å²) < 4.78 is 0. The number of amides is 1. The standard InChI is InChI=1S/C15H22N2O.ClH/c1-3-17(4-2)14(18)15(10-13(15)11-16)12-8-6-5-7-9-12;/h5-9,13H,3-4,10-11,16H2,1-2H3;1H/p-1/t13-,15+;/m0./s1. The average molecular weight is 282 g/mol. The first-order chi connectivity index (χ1) is 8.70. The van der Waals surface area contributed by atoms with E-state index in [1.165, 1.54) is 0 Å². The van der Waals surface area contributed by atoms with Crippen LogP contribution in [0.5, 0.6) is 0 Å². The van der Waals surface area contributed by atoms with Crippen LogP contribution in [0.2, 0.25) is 0 Å². The van der Waals surface area contributed by atoms with Crippen LogP contribution < -0.4 is 18.1 Å². The third-order valence-electron chi connectivity index (χ3n) is 4.11. The molecule has 1 aliphatic rings. The van der Waals surface area contributed by atoms with E-state index in [4.69, 9.17) is 5.73 Å². The van der Waals surface area contributed by atoms with Crippen LogP contribution in [0.1, 0.15) is 25.8 Å². The lowest BCUT2D eigenvalue weighted by atomic mass is 9.91. The van der Waals surface area contributed by atoms with Crippen LogP contribution in [-0.2, 0) is 10.2 Å². The zero-order chi connectivity index (χ0) is 13.2. The number of nitrogens with two attached hydrogens (primary N) is 1. The summed E-state index contributed by atoms with van der Waals surface area (Å²) in [6.07, 6.45) is 0.892. The van der Waals surface area contributed by atoms with Crippen molar-refractivity contribution >= 4 is 5.91 Å². The average Bonchev–Trinajstić information content (AvgIpc) is 3.17. The summed E-state index contributed by atoms with van der Waals surface area (Å²) >= 11 is 0. The van der Waals surface area contributed by atoms with Crippen molar-refractivity contribution in [3.63, 3.8) is 0 Å². The zero-order valence-electron chi connectivity index (χ0n) is 11.6. The Balaban J connectivity index is 0.00000180. The molecule has 3 nitrogen and oxygen atoms in total. The van der Waals surface area contributed by atoms with Crippen molar-refractivity contribution in [3.05, 3.63) is 35.9 Å². The lowest BCUT2D eigenvalue weighted by Crippen LogP contribution is -3.00. The highest BCUT2D eigenvalue weighted by molar-refractivity contribution is 5.92. The Kier molecular flexibility index (Phi) is 5.39. The molecule has 0 radical (unpaired) electrons. The predicted molar refractivity (Wildman–Crippen MR) is 73.2 cm³/mol. The number of benzene rings is 1. The van der Waals surface area contributed by atoms with Crippen molar-refractivity contribution < 1.29 is 17.2 Å². The highest BCUT2D eigenvalue weighted by Gasteiger charge is 2.61. The van der Waals surface area contributed by atoms with Gasteiger partial charge in [0.25, 0.3) is 0 Å². The maximum absolute atomic E-state index is 12.7. The Morgan fingerprint density at radius 2 is 1.89 bits per heavy atom. The van der Waals surface area contributed by atoms with Gasteiger partial charge >= 0.3 is 0 Å². The number of likely N-dealkylation sites (N-methyl/N-ethyl adjacent to an activating group) is 1. The normalized spacial score (nSPS) is 24.5. The van der Waals surface area contributed by atoms with Crippen molar-refractivity contribution in [3.8, 4) is 0 Å². The molecule has 1 amide bonds. The van der Waals surface area contributed by atoms with E-state index < -0.39 is 0 Å². The quantitative estimate of drug-likeness (QED) is 0.735. The van der Waals surface area contributed by atoms with Gasteiger partial charge in [0.2, 0.25) is 5.91 Å². The van der Waals surface area contributed by atoms with E-state index in [1.807, 2.05) is 36.9 Å². The smallest absolute Gasteiger partial charge is 0.233 e. The second kappa shape index (κ2) is 6.40. The van der Waals surface area contributed by atoms with Gasteiger partial charge in [-0.15, -0.1) is 0 Å². The van der Waals surface area contributed by atoms with Gasteiger partial charge in [0.1, 0.15) is 0 Å². The van der Waals surface area contributed by atoms with Gasteiger partial charge in [-0.3, -0.25) is 4.79 Å². The van der Waals surface area contributed by atoms with Crippen LogP contribution in [0.4, 0.5) is 0 Å². The molecule has 2 rings (SSSR count). The first-order valence-electron chi connectivity index (χ1n) is 6.75. The molecule has 0 saturated heterocycles. The summed E-state index contributed by atoms with van der Waals surface area (Å²) in [6.45, 7) is 6.17. The minimum atomic E-state index is -0.345. The molecular weight excluding hydrogens is 260 g/mol. The SMILES string of the molecule is CCN(CC)C(=O)[C@@]1(c2ccccc2)C[C@H]1CN.[Cl-]. The molecule has 0 unspecified atom stereocenters. The summed E-state index contributed by atoms with van der Waals surface area (Å²) in [6, 6.07) is 10.1. The third kappa shape index (κ3) is 2.63. The molecule has 0 aliphatic heterocycles. The molecule has 0 aromatic heterocycles. The highest BCUT2D eigenvalue weighted by Crippen LogP contribution is 2.54. The Labute approximate surface area is 121 Å². The fourth-order valence-corrected chi connectivity index (χ4v) is 2.88. The predicted octanol–water partition coefficient (Wildman–Crippen LogP) is -1.22. The van der Waals surface area contributed by atoms with Gasteiger partial charge in [-0.25, -0.2) is 0 Å². The molecule has 2 N–H and O–H groups in total. The van der Waals surface area contributed by atoms with Gasteiger partial charge in [-0.05, 0) is 38.3 Å². The van der Waals surface area contributed by atoms with Gasteiger partial charge < -0.3 is 23.0 Å². The molecule has 0 heterocycles. The number of nitrogens with zero attached hydrogens (tertiary/aromatic N) is 1. The Bertz CT molecular complexity index is 419. The molecule has 106 valence electrons. The largest absolute Gasteiger partial charge is 1.00 e. The van der Waals surface area contributed by atoms with Crippen molar-refractivity contribution in [2.24, 2.45) is 11.7 Å². The summed E-state index contributed by atoms with van der Waals surface area (Å²) in [5.74, 6) is 0.544. The van der Waals surface area contributed by atoms with Crippen molar-refractivity contribution in [2.75, 3.05) is 19.6 Å². The van der Waals surface area contributed by atoms with Crippen LogP contribution in [0, 0.1) is 5.92 Å². The zero-order valence-corrected chi connectivity index (χ0v) is 12.4. The first kappa shape index (κ1) is 16.0. The molecule has 4 heteroatoms. The topological polar surface area (TPSA) is 46.3 Å². The Morgan fingerprint density at radius 3 is 2.32 bits per heavy atom. The second-order valence-electron chi connectivity index (χ2n) is 4.95. The maximum atomic E-state index is 12.7. The maximum Gasteiger partial charge on any atom is 0.233 e. The monoisotopic (exact) mass is 281 g/mol. The van der Waals surface area contributed by atoms with E-state index in [0.29, 0.717) is 12.5 Å². The minimum absolute atomic E-state index is 0. The number of carbonyl (C=O) groups excluding carboxylic acids is 1. The van der Waals surface area contributed by atoms with E-state index in [1.54, 1.807) is 0 Å². The van der Waals surface area contributed by atoms with Crippen LogP contribution in [0.15, 0.2) is 30.3 Å². The second-order valence-corrected chi connectivity index (χ2v) is 4.95. The summed E-state index contributed by atoms with van der Waals surface area (Å²) in [4.78, 5) is 14.6. The van der Waals surface area contributed by atoms with E-state index in [0.717, 1.165) is 25.1 Å². The molecule has 1 aliphatic carbocycles. The van der Waals surface area contributed by atoms with Crippen LogP contribution in [0.3, 0.4) is 0 Å². The molecular formula is C15H22ClN2O-. The van der Waals surface area contributed by atoms with Crippen molar-refractivity contribution in [2.45, 2.75) is 25.7 Å². The highest BCUT2D eigenvalue weighted by atomic mass is 35.5. The summed E-state index contributed by atoms with van der Waals surface area (Å²) in [5, 5.41) is 0. The summed E-state index contributed by atoms with van der Waals surface area (Å²) in [5.41, 5.74) is 6.57. The lowest BCUT2D eigenvalue weighted by molar-refractivity contribution is -0.134. The van der Waals surface area contributed by atoms with Crippen molar-refractivity contribution in [1.82, 2.24) is 4.90 Å². The van der Waals surface area contributed by atoms with E-state index in [2.05, 4.69) is 12.1 Å². The third-order valence-corrected chi connectivity index (χ3v) is 4.11. The van der Waals surface area contributed by atoms with Gasteiger partial charge in [0, 0.05) is 13.1 Å². The fraction of sp³-hybridized carbons (Fsp3) is 0.533. The van der Waals surface area contributed by atoms with Gasteiger partial charge in [0.05, 0.1) is 5.41 Å². The van der Waals surface area contributed by atoms with Crippen LogP contribution in [0.25, 0.3) is 0 Å². The number of halogens is 1. The number of hydrogen-bond donors (Lipinski definition) is 1. The number of rotatable bonds is 5. The Hall–Kier alpha value is -1.06. The number of carbonyl (C=O) groups is 1. The summed E-state index contributed by atoms with van der Waals surface area (Å²) in [7, 11) is 0. The number of hydrogen-bond acceptors (Lipinski definition) is 2. The van der Waals surface area contributed by atoms with Crippen LogP contribution in [-0.4, -0.2) is 30.4 Å². The molecule has 2 atom stereocenters. The van der Waals surface area contributed by atoms with E-state index >= 15 is 0 Å². The van der Waals surface area contributed by atoms with Gasteiger partial charge in [-0.1, -0.05) is 30.3 Å². The van der Waals surface area contributed by atoms with Crippen LogP contribution >= 0.6 is 0 Å². The van der Waals surface area contributed by atoms with Crippen molar-refractivity contribution in [1.29, 1.82) is 0 Å². The first-order valence-corrected chi connectivity index (χ1v) is 6.75. The molecule has 19 heavy (non-hydrogen) atoms.